The van der Waals surface area contributed by atoms with Gasteiger partial charge in [-0.3, -0.25) is 4.90 Å². The summed E-state index contributed by atoms with van der Waals surface area (Å²) in [5.74, 6) is 0. The standard InChI is InChI=1S/C17H32N2O/c1-20-13-12-19-15-16(8-4-2-5-9-16)18-14-17(19)10-6-3-7-11-17/h18H,2-15H2,1H3. The fourth-order valence-corrected chi connectivity index (χ4v) is 4.84. The molecule has 0 atom stereocenters. The van der Waals surface area contributed by atoms with Gasteiger partial charge in [0, 0.05) is 37.8 Å². The van der Waals surface area contributed by atoms with Crippen molar-refractivity contribution in [2.45, 2.75) is 75.3 Å². The van der Waals surface area contributed by atoms with Crippen LogP contribution in [-0.4, -0.2) is 49.3 Å². The van der Waals surface area contributed by atoms with Crippen molar-refractivity contribution in [2.75, 3.05) is 33.4 Å². The summed E-state index contributed by atoms with van der Waals surface area (Å²) in [6.45, 7) is 4.49. The zero-order valence-corrected chi connectivity index (χ0v) is 13.3. The molecule has 1 saturated heterocycles. The van der Waals surface area contributed by atoms with Crippen molar-refractivity contribution in [1.82, 2.24) is 10.2 Å². The van der Waals surface area contributed by atoms with E-state index < -0.39 is 0 Å². The van der Waals surface area contributed by atoms with Crippen LogP contribution in [0.15, 0.2) is 0 Å². The number of methoxy groups -OCH3 is 1. The van der Waals surface area contributed by atoms with Gasteiger partial charge in [0.05, 0.1) is 6.61 Å². The Bertz CT molecular complexity index is 306. The minimum Gasteiger partial charge on any atom is -0.383 e. The molecule has 1 aliphatic heterocycles. The number of hydrogen-bond donors (Lipinski definition) is 1. The molecule has 3 nitrogen and oxygen atoms in total. The van der Waals surface area contributed by atoms with Crippen LogP contribution in [0.4, 0.5) is 0 Å². The molecule has 2 spiro atoms. The van der Waals surface area contributed by atoms with Crippen LogP contribution in [0.25, 0.3) is 0 Å². The molecule has 0 aromatic carbocycles. The van der Waals surface area contributed by atoms with E-state index in [1.165, 1.54) is 77.3 Å². The van der Waals surface area contributed by atoms with Gasteiger partial charge < -0.3 is 10.1 Å². The Kier molecular flexibility index (Phi) is 4.68. The molecule has 2 saturated carbocycles. The summed E-state index contributed by atoms with van der Waals surface area (Å²) in [7, 11) is 1.84. The van der Waals surface area contributed by atoms with Crippen molar-refractivity contribution in [1.29, 1.82) is 0 Å². The number of piperazine rings is 1. The number of ether oxygens (including phenoxy) is 1. The molecule has 0 amide bonds. The third-order valence-corrected chi connectivity index (χ3v) is 6.12. The second-order valence-electron chi connectivity index (χ2n) is 7.39. The highest BCUT2D eigenvalue weighted by Crippen LogP contribution is 2.40. The van der Waals surface area contributed by atoms with Gasteiger partial charge in [0.1, 0.15) is 0 Å². The molecule has 2 aliphatic carbocycles. The summed E-state index contributed by atoms with van der Waals surface area (Å²) < 4.78 is 5.39. The lowest BCUT2D eigenvalue weighted by atomic mass is 9.73. The van der Waals surface area contributed by atoms with E-state index in [0.717, 1.165) is 13.2 Å². The summed E-state index contributed by atoms with van der Waals surface area (Å²) in [5.41, 5.74) is 0.869. The number of nitrogens with zero attached hydrogens (tertiary/aromatic N) is 1. The molecule has 0 bridgehead atoms. The van der Waals surface area contributed by atoms with Crippen LogP contribution in [0, 0.1) is 0 Å². The predicted octanol–water partition coefficient (Wildman–Crippen LogP) is 2.94. The first-order valence-corrected chi connectivity index (χ1v) is 8.78. The molecule has 1 heterocycles. The highest BCUT2D eigenvalue weighted by Gasteiger charge is 2.47. The van der Waals surface area contributed by atoms with Crippen LogP contribution in [0.5, 0.6) is 0 Å². The Hall–Kier alpha value is -0.120. The second-order valence-corrected chi connectivity index (χ2v) is 7.39. The third-order valence-electron chi connectivity index (χ3n) is 6.12. The van der Waals surface area contributed by atoms with E-state index in [1.54, 1.807) is 0 Å². The van der Waals surface area contributed by atoms with Crippen LogP contribution in [0.3, 0.4) is 0 Å². The summed E-state index contributed by atoms with van der Waals surface area (Å²) in [6, 6.07) is 0. The highest BCUT2D eigenvalue weighted by atomic mass is 16.5. The lowest BCUT2D eigenvalue weighted by Gasteiger charge is -2.57. The maximum atomic E-state index is 5.39. The van der Waals surface area contributed by atoms with Crippen LogP contribution < -0.4 is 5.32 Å². The largest absolute Gasteiger partial charge is 0.383 e. The van der Waals surface area contributed by atoms with Gasteiger partial charge in [0.25, 0.3) is 0 Å². The minimum absolute atomic E-state index is 0.425. The molecule has 3 aliphatic rings. The Morgan fingerprint density at radius 1 is 0.950 bits per heavy atom. The van der Waals surface area contributed by atoms with Crippen molar-refractivity contribution in [3.63, 3.8) is 0 Å². The first-order chi connectivity index (χ1) is 9.79. The van der Waals surface area contributed by atoms with Crippen molar-refractivity contribution >= 4 is 0 Å². The van der Waals surface area contributed by atoms with Gasteiger partial charge in [-0.2, -0.15) is 0 Å². The SMILES string of the molecule is COCCN1CC2(CCCCC2)NCC12CCCCC2. The van der Waals surface area contributed by atoms with Crippen LogP contribution in [0.1, 0.15) is 64.2 Å². The predicted molar refractivity (Wildman–Crippen MR) is 83.1 cm³/mol. The Balaban J connectivity index is 1.72. The molecule has 3 rings (SSSR count). The maximum absolute atomic E-state index is 5.39. The Morgan fingerprint density at radius 2 is 1.60 bits per heavy atom. The molecule has 0 aromatic heterocycles. The van der Waals surface area contributed by atoms with Gasteiger partial charge in [0.2, 0.25) is 0 Å². The monoisotopic (exact) mass is 280 g/mol. The second kappa shape index (κ2) is 6.33. The molecular weight excluding hydrogens is 248 g/mol. The van der Waals surface area contributed by atoms with Gasteiger partial charge in [-0.1, -0.05) is 38.5 Å². The molecule has 20 heavy (non-hydrogen) atoms. The quantitative estimate of drug-likeness (QED) is 0.860. The fraction of sp³-hybridized carbons (Fsp3) is 1.00. The lowest BCUT2D eigenvalue weighted by Crippen LogP contribution is -2.71. The summed E-state index contributed by atoms with van der Waals surface area (Å²) in [6.07, 6.45) is 14.1. The maximum Gasteiger partial charge on any atom is 0.0589 e. The normalized spacial score (nSPS) is 29.9. The summed E-state index contributed by atoms with van der Waals surface area (Å²) >= 11 is 0. The Morgan fingerprint density at radius 3 is 2.25 bits per heavy atom. The highest BCUT2D eigenvalue weighted by molar-refractivity contribution is 5.07. The average Bonchev–Trinajstić information content (AvgIpc) is 2.51. The molecule has 0 radical (unpaired) electrons. The molecule has 3 fully saturated rings. The van der Waals surface area contributed by atoms with E-state index in [1.807, 2.05) is 7.11 Å². The van der Waals surface area contributed by atoms with Gasteiger partial charge in [0.15, 0.2) is 0 Å². The Labute approximate surface area is 124 Å². The van der Waals surface area contributed by atoms with Gasteiger partial charge in [-0.15, -0.1) is 0 Å². The lowest BCUT2D eigenvalue weighted by molar-refractivity contribution is -0.0400. The van der Waals surface area contributed by atoms with E-state index >= 15 is 0 Å². The van der Waals surface area contributed by atoms with Crippen LogP contribution >= 0.6 is 0 Å². The van der Waals surface area contributed by atoms with Crippen molar-refractivity contribution in [3.8, 4) is 0 Å². The molecule has 116 valence electrons. The zero-order valence-electron chi connectivity index (χ0n) is 13.3. The van der Waals surface area contributed by atoms with Gasteiger partial charge >= 0.3 is 0 Å². The fourth-order valence-electron chi connectivity index (χ4n) is 4.84. The molecule has 0 unspecified atom stereocenters. The first-order valence-electron chi connectivity index (χ1n) is 8.78. The topological polar surface area (TPSA) is 24.5 Å². The molecular formula is C17H32N2O. The van der Waals surface area contributed by atoms with Crippen LogP contribution in [-0.2, 0) is 4.74 Å². The van der Waals surface area contributed by atoms with Crippen molar-refractivity contribution < 1.29 is 4.74 Å². The van der Waals surface area contributed by atoms with E-state index in [0.29, 0.717) is 11.1 Å². The minimum atomic E-state index is 0.425. The molecule has 1 N–H and O–H groups in total. The number of nitrogens with one attached hydrogen (secondary N) is 1. The zero-order chi connectivity index (χ0) is 13.9. The number of hydrogen-bond acceptors (Lipinski definition) is 3. The van der Waals surface area contributed by atoms with Crippen LogP contribution in [0.2, 0.25) is 0 Å². The average molecular weight is 280 g/mol. The van der Waals surface area contributed by atoms with E-state index in [2.05, 4.69) is 10.2 Å². The smallest absolute Gasteiger partial charge is 0.0589 e. The van der Waals surface area contributed by atoms with Crippen molar-refractivity contribution in [3.05, 3.63) is 0 Å². The molecule has 0 aromatic rings. The summed E-state index contributed by atoms with van der Waals surface area (Å²) in [4.78, 5) is 2.82. The third kappa shape index (κ3) is 2.90. The number of rotatable bonds is 3. The first kappa shape index (κ1) is 14.8. The van der Waals surface area contributed by atoms with Gasteiger partial charge in [-0.25, -0.2) is 0 Å². The summed E-state index contributed by atoms with van der Waals surface area (Å²) in [5, 5.41) is 4.02. The van der Waals surface area contributed by atoms with E-state index in [-0.39, 0.29) is 0 Å². The van der Waals surface area contributed by atoms with E-state index in [4.69, 9.17) is 4.74 Å². The molecule has 3 heteroatoms. The van der Waals surface area contributed by atoms with Crippen molar-refractivity contribution in [2.24, 2.45) is 0 Å². The van der Waals surface area contributed by atoms with E-state index in [9.17, 15) is 0 Å². The van der Waals surface area contributed by atoms with Gasteiger partial charge in [-0.05, 0) is 25.7 Å².